The molecular formula is C25H16. The van der Waals surface area contributed by atoms with Crippen LogP contribution in [0.5, 0.6) is 0 Å². The van der Waals surface area contributed by atoms with Gasteiger partial charge in [-0.1, -0.05) is 91.0 Å². The highest BCUT2D eigenvalue weighted by Gasteiger charge is 2.20. The molecule has 0 spiro atoms. The van der Waals surface area contributed by atoms with Crippen molar-refractivity contribution in [2.45, 2.75) is 5.92 Å². The third-order valence-electron chi connectivity index (χ3n) is 5.64. The van der Waals surface area contributed by atoms with Crippen molar-refractivity contribution in [3.05, 3.63) is 102 Å². The summed E-state index contributed by atoms with van der Waals surface area (Å²) in [5.41, 5.74) is 4.14. The summed E-state index contributed by atoms with van der Waals surface area (Å²) in [5.74, 6) is 0.359. The number of allylic oxidation sites excluding steroid dienone is 1. The second-order valence-electron chi connectivity index (χ2n) is 7.02. The molecule has 0 heterocycles. The fraction of sp³-hybridized carbons (Fsp3) is 0.0400. The minimum atomic E-state index is 0.359. The minimum Gasteiger partial charge on any atom is -0.0720 e. The van der Waals surface area contributed by atoms with Gasteiger partial charge in [0.25, 0.3) is 0 Å². The lowest BCUT2D eigenvalue weighted by molar-refractivity contribution is 1.06. The minimum absolute atomic E-state index is 0.359. The smallest absolute Gasteiger partial charge is 0.0279 e. The molecule has 1 unspecified atom stereocenters. The maximum Gasteiger partial charge on any atom is 0.0279 e. The lowest BCUT2D eigenvalue weighted by Gasteiger charge is -2.16. The van der Waals surface area contributed by atoms with Crippen molar-refractivity contribution in [3.63, 3.8) is 0 Å². The summed E-state index contributed by atoms with van der Waals surface area (Å²) in [6, 6.07) is 29.1. The van der Waals surface area contributed by atoms with E-state index in [1.807, 2.05) is 0 Å². The van der Waals surface area contributed by atoms with E-state index in [0.29, 0.717) is 5.92 Å². The van der Waals surface area contributed by atoms with Crippen LogP contribution in [0.25, 0.3) is 38.4 Å². The number of hydrogen-bond acceptors (Lipinski definition) is 0. The Bertz CT molecular complexity index is 1230. The predicted molar refractivity (Wildman–Crippen MR) is 107 cm³/mol. The van der Waals surface area contributed by atoms with Crippen LogP contribution >= 0.6 is 0 Å². The summed E-state index contributed by atoms with van der Waals surface area (Å²) in [6.45, 7) is 0. The van der Waals surface area contributed by atoms with Crippen molar-refractivity contribution in [1.82, 2.24) is 0 Å². The molecule has 116 valence electrons. The highest BCUT2D eigenvalue weighted by atomic mass is 14.2. The summed E-state index contributed by atoms with van der Waals surface area (Å²) >= 11 is 0. The zero-order valence-electron chi connectivity index (χ0n) is 13.7. The van der Waals surface area contributed by atoms with Gasteiger partial charge >= 0.3 is 0 Å². The molecular weight excluding hydrogens is 300 g/mol. The van der Waals surface area contributed by atoms with Crippen LogP contribution in [0.3, 0.4) is 0 Å². The number of fused-ring (bicyclic) bond motifs is 1. The fourth-order valence-corrected chi connectivity index (χ4v) is 4.50. The molecule has 0 saturated heterocycles. The van der Waals surface area contributed by atoms with E-state index >= 15 is 0 Å². The molecule has 0 fully saturated rings. The van der Waals surface area contributed by atoms with Crippen molar-refractivity contribution in [3.8, 4) is 0 Å². The highest BCUT2D eigenvalue weighted by Crippen LogP contribution is 2.40. The third-order valence-corrected chi connectivity index (χ3v) is 5.64. The Hall–Kier alpha value is -3.12. The molecule has 0 aromatic heterocycles. The van der Waals surface area contributed by atoms with Gasteiger partial charge in [-0.05, 0) is 49.0 Å². The van der Waals surface area contributed by atoms with Crippen molar-refractivity contribution < 1.29 is 0 Å². The normalized spacial score (nSPS) is 16.2. The van der Waals surface area contributed by atoms with Gasteiger partial charge in [0.15, 0.2) is 0 Å². The van der Waals surface area contributed by atoms with E-state index in [-0.39, 0.29) is 0 Å². The molecule has 0 aliphatic heterocycles. The van der Waals surface area contributed by atoms with Crippen molar-refractivity contribution >= 4 is 38.4 Å². The van der Waals surface area contributed by atoms with E-state index in [1.54, 1.807) is 0 Å². The Morgan fingerprint density at radius 3 is 1.96 bits per heavy atom. The number of rotatable bonds is 1. The van der Waals surface area contributed by atoms with Gasteiger partial charge in [-0.3, -0.25) is 0 Å². The molecule has 6 rings (SSSR count). The Balaban J connectivity index is 1.67. The molecule has 0 saturated carbocycles. The molecule has 25 heavy (non-hydrogen) atoms. The average molecular weight is 316 g/mol. The van der Waals surface area contributed by atoms with Gasteiger partial charge in [0.2, 0.25) is 0 Å². The topological polar surface area (TPSA) is 0 Å². The van der Waals surface area contributed by atoms with Crippen LogP contribution in [-0.2, 0) is 0 Å². The molecule has 0 amide bonds. The lowest BCUT2D eigenvalue weighted by Crippen LogP contribution is -1.96. The standard InChI is InChI=1S/C25H16/c1-2-7-22-16(4-1)12-13-23(22)21-14-19-10-8-17-5-3-6-18-9-11-20(15-21)25(19)24(17)18/h1-15,23H. The molecule has 0 heteroatoms. The summed E-state index contributed by atoms with van der Waals surface area (Å²) in [5, 5.41) is 8.13. The van der Waals surface area contributed by atoms with Gasteiger partial charge in [-0.15, -0.1) is 0 Å². The first-order valence-corrected chi connectivity index (χ1v) is 8.83. The van der Waals surface area contributed by atoms with Crippen LogP contribution < -0.4 is 0 Å². The van der Waals surface area contributed by atoms with Crippen LogP contribution in [-0.4, -0.2) is 0 Å². The maximum absolute atomic E-state index is 2.38. The highest BCUT2D eigenvalue weighted by molar-refractivity contribution is 6.23. The van der Waals surface area contributed by atoms with E-state index < -0.39 is 0 Å². The number of benzene rings is 5. The lowest BCUT2D eigenvalue weighted by atomic mass is 9.87. The van der Waals surface area contributed by atoms with Gasteiger partial charge in [0.05, 0.1) is 0 Å². The second-order valence-corrected chi connectivity index (χ2v) is 7.02. The SMILES string of the molecule is C1=CC(c2cc3ccc4cccc5ccc(c2)c3c45)c2ccccc21. The second kappa shape index (κ2) is 4.70. The Morgan fingerprint density at radius 1 is 0.560 bits per heavy atom. The molecule has 0 radical (unpaired) electrons. The Kier molecular flexibility index (Phi) is 2.48. The van der Waals surface area contributed by atoms with E-state index in [4.69, 9.17) is 0 Å². The van der Waals surface area contributed by atoms with Crippen LogP contribution in [0, 0.1) is 0 Å². The van der Waals surface area contributed by atoms with Crippen molar-refractivity contribution in [2.75, 3.05) is 0 Å². The Morgan fingerprint density at radius 2 is 1.20 bits per heavy atom. The van der Waals surface area contributed by atoms with Gasteiger partial charge in [-0.25, -0.2) is 0 Å². The molecule has 1 atom stereocenters. The quantitative estimate of drug-likeness (QED) is 0.300. The number of hydrogen-bond donors (Lipinski definition) is 0. The zero-order chi connectivity index (χ0) is 16.4. The first kappa shape index (κ1) is 13.2. The monoisotopic (exact) mass is 316 g/mol. The van der Waals surface area contributed by atoms with Crippen LogP contribution in [0.15, 0.2) is 84.9 Å². The molecule has 1 aliphatic rings. The largest absolute Gasteiger partial charge is 0.0720 e. The molecule has 5 aromatic rings. The Labute approximate surface area is 146 Å². The molecule has 5 aromatic carbocycles. The van der Waals surface area contributed by atoms with E-state index in [9.17, 15) is 0 Å². The van der Waals surface area contributed by atoms with Gasteiger partial charge in [-0.2, -0.15) is 0 Å². The van der Waals surface area contributed by atoms with Crippen molar-refractivity contribution in [1.29, 1.82) is 0 Å². The summed E-state index contributed by atoms with van der Waals surface area (Å²) < 4.78 is 0. The van der Waals surface area contributed by atoms with Gasteiger partial charge in [0, 0.05) is 5.92 Å². The van der Waals surface area contributed by atoms with Gasteiger partial charge < -0.3 is 0 Å². The molecule has 1 aliphatic carbocycles. The third kappa shape index (κ3) is 1.77. The summed E-state index contributed by atoms with van der Waals surface area (Å²) in [6.07, 6.45) is 4.58. The van der Waals surface area contributed by atoms with Crippen molar-refractivity contribution in [2.24, 2.45) is 0 Å². The average Bonchev–Trinajstić information content (AvgIpc) is 3.10. The summed E-state index contributed by atoms with van der Waals surface area (Å²) in [4.78, 5) is 0. The molecule has 0 nitrogen and oxygen atoms in total. The van der Waals surface area contributed by atoms with E-state index in [1.165, 1.54) is 49.0 Å². The first-order chi connectivity index (χ1) is 12.4. The maximum atomic E-state index is 2.38. The fourth-order valence-electron chi connectivity index (χ4n) is 4.50. The van der Waals surface area contributed by atoms with Crippen LogP contribution in [0.4, 0.5) is 0 Å². The predicted octanol–water partition coefficient (Wildman–Crippen LogP) is 6.74. The van der Waals surface area contributed by atoms with Crippen LogP contribution in [0.2, 0.25) is 0 Å². The van der Waals surface area contributed by atoms with Gasteiger partial charge in [0.1, 0.15) is 0 Å². The van der Waals surface area contributed by atoms with Crippen LogP contribution in [0.1, 0.15) is 22.6 Å². The van der Waals surface area contributed by atoms with E-state index in [2.05, 4.69) is 91.0 Å². The van der Waals surface area contributed by atoms with E-state index in [0.717, 1.165) is 0 Å². The zero-order valence-corrected chi connectivity index (χ0v) is 13.7. The summed E-state index contributed by atoms with van der Waals surface area (Å²) in [7, 11) is 0. The molecule has 0 bridgehead atoms. The molecule has 0 N–H and O–H groups in total. The first-order valence-electron chi connectivity index (χ1n) is 8.83.